The summed E-state index contributed by atoms with van der Waals surface area (Å²) in [5.74, 6) is -0.0319. The molecular formula is C11H11N3O. The Morgan fingerprint density at radius 2 is 2.40 bits per heavy atom. The highest BCUT2D eigenvalue weighted by Crippen LogP contribution is 2.20. The van der Waals surface area contributed by atoms with Gasteiger partial charge in [-0.1, -0.05) is 0 Å². The Kier molecular flexibility index (Phi) is 1.74. The maximum Gasteiger partial charge on any atom is 0.268 e. The molecule has 1 aliphatic rings. The van der Waals surface area contributed by atoms with Crippen LogP contribution in [0.2, 0.25) is 0 Å². The summed E-state index contributed by atoms with van der Waals surface area (Å²) in [6.45, 7) is 0. The van der Waals surface area contributed by atoms with Crippen LogP contribution in [0.25, 0.3) is 11.0 Å². The molecule has 3 rings (SSSR count). The number of H-pyrrole nitrogens is 1. The normalized spacial score (nSPS) is 15.5. The quantitative estimate of drug-likeness (QED) is 0.772. The minimum Gasteiger partial charge on any atom is -0.349 e. The number of hydrogen-bond acceptors (Lipinski definition) is 2. The third-order valence-corrected chi connectivity index (χ3v) is 2.55. The fourth-order valence-electron chi connectivity index (χ4n) is 1.57. The maximum absolute atomic E-state index is 11.7. The molecule has 0 radical (unpaired) electrons. The topological polar surface area (TPSA) is 57.8 Å². The minimum absolute atomic E-state index is 0.0319. The lowest BCUT2D eigenvalue weighted by Crippen LogP contribution is -2.25. The van der Waals surface area contributed by atoms with Gasteiger partial charge in [0, 0.05) is 12.2 Å². The molecule has 0 aromatic carbocycles. The second-order valence-corrected chi connectivity index (χ2v) is 3.87. The van der Waals surface area contributed by atoms with Gasteiger partial charge in [-0.15, -0.1) is 0 Å². The molecule has 0 bridgehead atoms. The van der Waals surface area contributed by atoms with E-state index in [1.54, 1.807) is 12.3 Å². The van der Waals surface area contributed by atoms with E-state index >= 15 is 0 Å². The molecule has 1 aliphatic carbocycles. The molecule has 2 aromatic rings. The van der Waals surface area contributed by atoms with Crippen LogP contribution < -0.4 is 5.32 Å². The maximum atomic E-state index is 11.7. The molecule has 0 atom stereocenters. The Balaban J connectivity index is 1.92. The third kappa shape index (κ3) is 1.58. The monoisotopic (exact) mass is 201 g/mol. The average Bonchev–Trinajstić information content (AvgIpc) is 2.95. The van der Waals surface area contributed by atoms with Crippen molar-refractivity contribution in [1.29, 1.82) is 0 Å². The number of carbonyl (C=O) groups is 1. The summed E-state index contributed by atoms with van der Waals surface area (Å²) in [6.07, 6.45) is 3.92. The summed E-state index contributed by atoms with van der Waals surface area (Å²) in [6, 6.07) is 5.93. The number of carbonyl (C=O) groups excluding carboxylic acids is 1. The first-order valence-electron chi connectivity index (χ1n) is 5.07. The predicted molar refractivity (Wildman–Crippen MR) is 56.6 cm³/mol. The van der Waals surface area contributed by atoms with Crippen LogP contribution in [-0.2, 0) is 0 Å². The first-order chi connectivity index (χ1) is 7.33. The number of pyridine rings is 1. The van der Waals surface area contributed by atoms with Gasteiger partial charge in [-0.2, -0.15) is 0 Å². The van der Waals surface area contributed by atoms with E-state index < -0.39 is 0 Å². The molecule has 2 aromatic heterocycles. The summed E-state index contributed by atoms with van der Waals surface area (Å²) in [7, 11) is 0. The van der Waals surface area contributed by atoms with Crippen molar-refractivity contribution in [2.24, 2.45) is 0 Å². The van der Waals surface area contributed by atoms with E-state index in [0.29, 0.717) is 11.7 Å². The minimum atomic E-state index is -0.0319. The molecule has 2 N–H and O–H groups in total. The largest absolute Gasteiger partial charge is 0.349 e. The fourth-order valence-corrected chi connectivity index (χ4v) is 1.57. The van der Waals surface area contributed by atoms with Gasteiger partial charge in [0.15, 0.2) is 0 Å². The summed E-state index contributed by atoms with van der Waals surface area (Å²) in [5, 5.41) is 2.93. The summed E-state index contributed by atoms with van der Waals surface area (Å²) < 4.78 is 0. The summed E-state index contributed by atoms with van der Waals surface area (Å²) >= 11 is 0. The van der Waals surface area contributed by atoms with Gasteiger partial charge in [0.2, 0.25) is 0 Å². The van der Waals surface area contributed by atoms with Crippen LogP contribution in [0.1, 0.15) is 23.3 Å². The highest BCUT2D eigenvalue weighted by molar-refractivity contribution is 5.97. The van der Waals surface area contributed by atoms with Crippen LogP contribution in [0, 0.1) is 0 Å². The Morgan fingerprint density at radius 3 is 3.13 bits per heavy atom. The zero-order valence-electron chi connectivity index (χ0n) is 8.16. The predicted octanol–water partition coefficient (Wildman–Crippen LogP) is 1.46. The van der Waals surface area contributed by atoms with Crippen molar-refractivity contribution >= 4 is 16.9 Å². The van der Waals surface area contributed by atoms with Crippen molar-refractivity contribution in [3.8, 4) is 0 Å². The Hall–Kier alpha value is -1.84. The molecule has 1 fully saturated rings. The molecule has 2 heterocycles. The number of amides is 1. The van der Waals surface area contributed by atoms with Gasteiger partial charge in [0.05, 0.1) is 11.0 Å². The second kappa shape index (κ2) is 3.08. The standard InChI is InChI=1S/C11H11N3O/c15-11(13-7-3-4-7)10-6-9-8(14-10)2-1-5-12-9/h1-2,5-7,14H,3-4H2,(H,13,15). The zero-order chi connectivity index (χ0) is 10.3. The lowest BCUT2D eigenvalue weighted by molar-refractivity contribution is 0.0947. The van der Waals surface area contributed by atoms with Crippen LogP contribution in [-0.4, -0.2) is 21.9 Å². The van der Waals surface area contributed by atoms with Crippen molar-refractivity contribution in [2.45, 2.75) is 18.9 Å². The molecule has 1 saturated carbocycles. The number of nitrogens with zero attached hydrogens (tertiary/aromatic N) is 1. The van der Waals surface area contributed by atoms with Gasteiger partial charge in [-0.05, 0) is 31.0 Å². The van der Waals surface area contributed by atoms with Gasteiger partial charge >= 0.3 is 0 Å². The number of hydrogen-bond donors (Lipinski definition) is 2. The lowest BCUT2D eigenvalue weighted by atomic mass is 10.3. The fraction of sp³-hybridized carbons (Fsp3) is 0.273. The zero-order valence-corrected chi connectivity index (χ0v) is 8.16. The number of rotatable bonds is 2. The molecular weight excluding hydrogens is 190 g/mol. The highest BCUT2D eigenvalue weighted by atomic mass is 16.2. The van der Waals surface area contributed by atoms with E-state index in [1.807, 2.05) is 12.1 Å². The second-order valence-electron chi connectivity index (χ2n) is 3.87. The Bertz CT molecular complexity index is 480. The first-order valence-corrected chi connectivity index (χ1v) is 5.07. The van der Waals surface area contributed by atoms with E-state index in [1.165, 1.54) is 0 Å². The van der Waals surface area contributed by atoms with E-state index in [-0.39, 0.29) is 5.91 Å². The highest BCUT2D eigenvalue weighted by Gasteiger charge is 2.24. The van der Waals surface area contributed by atoms with Crippen LogP contribution in [0.15, 0.2) is 24.4 Å². The summed E-state index contributed by atoms with van der Waals surface area (Å²) in [4.78, 5) is 18.9. The van der Waals surface area contributed by atoms with Crippen molar-refractivity contribution in [1.82, 2.24) is 15.3 Å². The molecule has 0 spiro atoms. The van der Waals surface area contributed by atoms with E-state index in [4.69, 9.17) is 0 Å². The van der Waals surface area contributed by atoms with E-state index in [9.17, 15) is 4.79 Å². The van der Waals surface area contributed by atoms with Gasteiger partial charge in [0.25, 0.3) is 5.91 Å². The molecule has 4 nitrogen and oxygen atoms in total. The van der Waals surface area contributed by atoms with Gasteiger partial charge in [-0.25, -0.2) is 0 Å². The first kappa shape index (κ1) is 8.47. The van der Waals surface area contributed by atoms with Crippen LogP contribution in [0.5, 0.6) is 0 Å². The van der Waals surface area contributed by atoms with Crippen LogP contribution in [0.3, 0.4) is 0 Å². The van der Waals surface area contributed by atoms with E-state index in [0.717, 1.165) is 23.9 Å². The number of fused-ring (bicyclic) bond motifs is 1. The van der Waals surface area contributed by atoms with E-state index in [2.05, 4.69) is 15.3 Å². The molecule has 15 heavy (non-hydrogen) atoms. The van der Waals surface area contributed by atoms with Crippen LogP contribution >= 0.6 is 0 Å². The van der Waals surface area contributed by atoms with Crippen molar-refractivity contribution in [3.05, 3.63) is 30.1 Å². The smallest absolute Gasteiger partial charge is 0.268 e. The Labute approximate surface area is 86.7 Å². The molecule has 1 amide bonds. The lowest BCUT2D eigenvalue weighted by Gasteiger charge is -1.98. The average molecular weight is 201 g/mol. The van der Waals surface area contributed by atoms with Crippen molar-refractivity contribution in [2.75, 3.05) is 0 Å². The molecule has 76 valence electrons. The number of nitrogens with one attached hydrogen (secondary N) is 2. The third-order valence-electron chi connectivity index (χ3n) is 2.55. The molecule has 4 heteroatoms. The number of aromatic nitrogens is 2. The molecule has 0 unspecified atom stereocenters. The summed E-state index contributed by atoms with van der Waals surface area (Å²) in [5.41, 5.74) is 2.33. The van der Waals surface area contributed by atoms with Crippen molar-refractivity contribution < 1.29 is 4.79 Å². The SMILES string of the molecule is O=C(NC1CC1)c1cc2ncccc2[nH]1. The number of aromatic amines is 1. The van der Waals surface area contributed by atoms with Gasteiger partial charge < -0.3 is 10.3 Å². The van der Waals surface area contributed by atoms with Crippen LogP contribution in [0.4, 0.5) is 0 Å². The molecule has 0 aliphatic heterocycles. The molecule has 0 saturated heterocycles. The van der Waals surface area contributed by atoms with Gasteiger partial charge in [-0.3, -0.25) is 9.78 Å². The Morgan fingerprint density at radius 1 is 1.53 bits per heavy atom. The van der Waals surface area contributed by atoms with Gasteiger partial charge in [0.1, 0.15) is 5.69 Å². The van der Waals surface area contributed by atoms with Crippen molar-refractivity contribution in [3.63, 3.8) is 0 Å².